The van der Waals surface area contributed by atoms with Crippen molar-refractivity contribution in [3.05, 3.63) is 55.1 Å². The molecule has 3 aromatic rings. The normalized spacial score (nSPS) is 12.0. The van der Waals surface area contributed by atoms with Crippen LogP contribution in [-0.4, -0.2) is 26.0 Å². The smallest absolute Gasteiger partial charge is 0.245 e. The summed E-state index contributed by atoms with van der Waals surface area (Å²) in [4.78, 5) is 13.4. The van der Waals surface area contributed by atoms with E-state index in [1.54, 1.807) is 6.08 Å². The van der Waals surface area contributed by atoms with Crippen LogP contribution in [0.3, 0.4) is 0 Å². The number of rotatable bonds is 6. The number of anilines is 2. The molecule has 1 N–H and O–H groups in total. The Kier molecular flexibility index (Phi) is 4.71. The zero-order valence-corrected chi connectivity index (χ0v) is 13.2. The molecule has 3 rings (SSSR count). The van der Waals surface area contributed by atoms with Crippen molar-refractivity contribution in [2.24, 2.45) is 4.99 Å². The third-order valence-corrected chi connectivity index (χ3v) is 3.09. The fourth-order valence-corrected chi connectivity index (χ4v) is 2.08. The Labute approximate surface area is 138 Å². The first-order chi connectivity index (χ1) is 11.8. The number of para-hydroxylation sites is 1. The zero-order valence-electron chi connectivity index (χ0n) is 13.2. The summed E-state index contributed by atoms with van der Waals surface area (Å²) in [5, 5.41) is 10.7. The maximum atomic E-state index is 4.69. The second kappa shape index (κ2) is 7.28. The molecule has 24 heavy (non-hydrogen) atoms. The molecule has 0 atom stereocenters. The number of fused-ring (bicyclic) bond motifs is 1. The van der Waals surface area contributed by atoms with Gasteiger partial charge in [-0.3, -0.25) is 0 Å². The highest BCUT2D eigenvalue weighted by atomic mass is 16.6. The molecule has 0 radical (unpaired) electrons. The molecule has 1 aromatic carbocycles. The van der Waals surface area contributed by atoms with Gasteiger partial charge in [-0.25, -0.2) is 14.6 Å². The first-order valence-corrected chi connectivity index (χ1v) is 7.43. The fourth-order valence-electron chi connectivity index (χ4n) is 2.08. The van der Waals surface area contributed by atoms with Gasteiger partial charge in [0, 0.05) is 17.8 Å². The van der Waals surface area contributed by atoms with Crippen molar-refractivity contribution < 1.29 is 4.63 Å². The molecule has 0 amide bonds. The van der Waals surface area contributed by atoms with Gasteiger partial charge >= 0.3 is 0 Å². The maximum absolute atomic E-state index is 4.69. The Balaban J connectivity index is 2.08. The minimum Gasteiger partial charge on any atom is -0.337 e. The quantitative estimate of drug-likeness (QED) is 0.546. The molecule has 120 valence electrons. The maximum Gasteiger partial charge on any atom is 0.245 e. The number of allylic oxidation sites excluding steroid dienone is 3. The van der Waals surface area contributed by atoms with Crippen LogP contribution in [0, 0.1) is 0 Å². The molecule has 2 aromatic heterocycles. The predicted octanol–water partition coefficient (Wildman–Crippen LogP) is 3.98. The van der Waals surface area contributed by atoms with Crippen LogP contribution >= 0.6 is 0 Å². The number of hydrogen-bond donors (Lipinski definition) is 1. The number of aromatic nitrogens is 4. The molecule has 7 nitrogen and oxygen atoms in total. The molecule has 0 saturated heterocycles. The molecule has 0 fully saturated rings. The Bertz CT molecular complexity index is 898. The molecule has 0 saturated carbocycles. The number of hydrogen-bond acceptors (Lipinski definition) is 7. The van der Waals surface area contributed by atoms with Gasteiger partial charge in [0.25, 0.3) is 0 Å². The van der Waals surface area contributed by atoms with Crippen LogP contribution in [0.2, 0.25) is 0 Å². The Hall–Kier alpha value is -3.35. The average molecular weight is 320 g/mol. The van der Waals surface area contributed by atoms with Gasteiger partial charge in [0.2, 0.25) is 11.3 Å². The van der Waals surface area contributed by atoms with Gasteiger partial charge in [-0.1, -0.05) is 30.4 Å². The summed E-state index contributed by atoms with van der Waals surface area (Å²) in [5.41, 5.74) is 2.32. The second-order valence-corrected chi connectivity index (χ2v) is 4.89. The van der Waals surface area contributed by atoms with Gasteiger partial charge in [0.05, 0.1) is 0 Å². The van der Waals surface area contributed by atoms with E-state index in [0.717, 1.165) is 11.4 Å². The van der Waals surface area contributed by atoms with Crippen LogP contribution in [0.4, 0.5) is 17.3 Å². The number of nitrogens with zero attached hydrogens (tertiary/aromatic N) is 5. The van der Waals surface area contributed by atoms with Gasteiger partial charge in [0.1, 0.15) is 0 Å². The minimum absolute atomic E-state index is 0.311. The largest absolute Gasteiger partial charge is 0.337 e. The number of benzene rings is 1. The molecule has 0 bridgehead atoms. The molecule has 0 spiro atoms. The van der Waals surface area contributed by atoms with Crippen LogP contribution in [0.15, 0.2) is 64.8 Å². The van der Waals surface area contributed by atoms with Crippen molar-refractivity contribution in [3.63, 3.8) is 0 Å². The van der Waals surface area contributed by atoms with Crippen LogP contribution in [-0.2, 0) is 0 Å². The van der Waals surface area contributed by atoms with Crippen LogP contribution in [0.1, 0.15) is 13.3 Å². The minimum atomic E-state index is 0.311. The number of aliphatic imine (C=N–C) groups is 1. The van der Waals surface area contributed by atoms with E-state index in [0.29, 0.717) is 29.4 Å². The molecular weight excluding hydrogens is 304 g/mol. The van der Waals surface area contributed by atoms with Gasteiger partial charge in [0.15, 0.2) is 11.6 Å². The fraction of sp³-hybridized carbons (Fsp3) is 0.118. The van der Waals surface area contributed by atoms with Crippen molar-refractivity contribution in [3.8, 4) is 0 Å². The summed E-state index contributed by atoms with van der Waals surface area (Å²) in [6, 6.07) is 9.65. The van der Waals surface area contributed by atoms with Gasteiger partial charge in [-0.15, -0.1) is 6.58 Å². The highest BCUT2D eigenvalue weighted by molar-refractivity contribution is 5.98. The van der Waals surface area contributed by atoms with E-state index in [1.807, 2.05) is 49.4 Å². The molecule has 0 unspecified atom stereocenters. The van der Waals surface area contributed by atoms with Crippen molar-refractivity contribution >= 4 is 34.3 Å². The highest BCUT2D eigenvalue weighted by Crippen LogP contribution is 2.26. The van der Waals surface area contributed by atoms with Crippen LogP contribution < -0.4 is 5.32 Å². The Morgan fingerprint density at radius 3 is 2.67 bits per heavy atom. The van der Waals surface area contributed by atoms with E-state index < -0.39 is 0 Å². The molecule has 0 aliphatic heterocycles. The van der Waals surface area contributed by atoms with E-state index in [4.69, 9.17) is 4.63 Å². The van der Waals surface area contributed by atoms with Crippen molar-refractivity contribution in [1.82, 2.24) is 20.3 Å². The van der Waals surface area contributed by atoms with E-state index >= 15 is 0 Å². The zero-order chi connectivity index (χ0) is 16.8. The third-order valence-electron chi connectivity index (χ3n) is 3.09. The van der Waals surface area contributed by atoms with Crippen LogP contribution in [0.5, 0.6) is 0 Å². The first-order valence-electron chi connectivity index (χ1n) is 7.43. The summed E-state index contributed by atoms with van der Waals surface area (Å²) in [6.45, 7) is 5.68. The predicted molar refractivity (Wildman–Crippen MR) is 93.8 cm³/mol. The number of nitrogens with one attached hydrogen (secondary N) is 1. The monoisotopic (exact) mass is 320 g/mol. The lowest BCUT2D eigenvalue weighted by Gasteiger charge is -2.07. The van der Waals surface area contributed by atoms with Crippen molar-refractivity contribution in [2.75, 3.05) is 5.32 Å². The third kappa shape index (κ3) is 3.52. The van der Waals surface area contributed by atoms with Crippen LogP contribution in [0.25, 0.3) is 11.3 Å². The lowest BCUT2D eigenvalue weighted by Crippen LogP contribution is -1.99. The van der Waals surface area contributed by atoms with E-state index in [1.165, 1.54) is 0 Å². The summed E-state index contributed by atoms with van der Waals surface area (Å²) < 4.78 is 4.69. The lowest BCUT2D eigenvalue weighted by atomic mass is 10.2. The van der Waals surface area contributed by atoms with Crippen molar-refractivity contribution in [1.29, 1.82) is 0 Å². The standard InChI is InChI=1S/C17H16N6O/c1-3-8-12(9-4-2)18-14-15(19-13-10-6-5-7-11-13)21-17-16(20-14)22-24-23-17/h3-7,9-11H,1,8H2,2H3,(H,19,21,23)/b9-4-,18-12?. The summed E-state index contributed by atoms with van der Waals surface area (Å²) in [7, 11) is 0. The van der Waals surface area contributed by atoms with E-state index in [2.05, 4.69) is 37.2 Å². The SMILES string of the molecule is C=CCC(/C=C\C)=Nc1nc2nonc2nc1Nc1ccccc1. The van der Waals surface area contributed by atoms with Gasteiger partial charge < -0.3 is 5.32 Å². The van der Waals surface area contributed by atoms with Gasteiger partial charge in [-0.05, 0) is 35.4 Å². The van der Waals surface area contributed by atoms with Crippen molar-refractivity contribution in [2.45, 2.75) is 13.3 Å². The first kappa shape index (κ1) is 15.5. The average Bonchev–Trinajstić information content (AvgIpc) is 3.04. The molecule has 0 aliphatic rings. The Morgan fingerprint density at radius 2 is 1.96 bits per heavy atom. The molecule has 2 heterocycles. The molecule has 7 heteroatoms. The summed E-state index contributed by atoms with van der Waals surface area (Å²) in [6.07, 6.45) is 6.22. The molecular formula is C17H16N6O. The second-order valence-electron chi connectivity index (χ2n) is 4.89. The Morgan fingerprint density at radius 1 is 1.21 bits per heavy atom. The molecule has 0 aliphatic carbocycles. The van der Waals surface area contributed by atoms with E-state index in [9.17, 15) is 0 Å². The summed E-state index contributed by atoms with van der Waals surface area (Å²) >= 11 is 0. The summed E-state index contributed by atoms with van der Waals surface area (Å²) in [5.74, 6) is 0.896. The lowest BCUT2D eigenvalue weighted by molar-refractivity contribution is 0.314. The van der Waals surface area contributed by atoms with Gasteiger partial charge in [-0.2, -0.15) is 4.98 Å². The highest BCUT2D eigenvalue weighted by Gasteiger charge is 2.13. The van der Waals surface area contributed by atoms with E-state index in [-0.39, 0.29) is 0 Å². The topological polar surface area (TPSA) is 89.1 Å².